The number of amides is 4. The predicted octanol–water partition coefficient (Wildman–Crippen LogP) is 2.91. The second kappa shape index (κ2) is 15.6. The van der Waals surface area contributed by atoms with Crippen molar-refractivity contribution in [1.29, 1.82) is 0 Å². The molecule has 0 spiro atoms. The Balaban J connectivity index is 1.24. The number of carbonyl (C=O) groups excluding carboxylic acids is 4. The van der Waals surface area contributed by atoms with Gasteiger partial charge in [-0.15, -0.1) is 0 Å². The number of fused-ring (bicyclic) bond motifs is 3. The molecule has 4 aliphatic rings. The summed E-state index contributed by atoms with van der Waals surface area (Å²) in [6.07, 6.45) is 7.47. The summed E-state index contributed by atoms with van der Waals surface area (Å²) in [5.41, 5.74) is -2.01. The molecule has 4 heterocycles. The number of alkyl carbamates (subject to hydrolysis) is 1. The Hall–Kier alpha value is -5.23. The van der Waals surface area contributed by atoms with Crippen molar-refractivity contribution in [3.8, 4) is 23.2 Å². The molecular weight excluding hydrogens is 759 g/mol. The lowest BCUT2D eigenvalue weighted by Gasteiger charge is -2.32. The highest BCUT2D eigenvalue weighted by atomic mass is 32.2. The van der Waals surface area contributed by atoms with Gasteiger partial charge in [0.1, 0.15) is 47.0 Å². The van der Waals surface area contributed by atoms with E-state index in [1.54, 1.807) is 46.1 Å². The van der Waals surface area contributed by atoms with Gasteiger partial charge in [0.25, 0.3) is 5.91 Å². The Morgan fingerprint density at radius 2 is 1.91 bits per heavy atom. The topological polar surface area (TPSA) is 212 Å². The minimum absolute atomic E-state index is 0.0201. The van der Waals surface area contributed by atoms with Crippen molar-refractivity contribution in [2.24, 2.45) is 5.92 Å². The number of hydrogen-bond acceptors (Lipinski definition) is 13. The lowest BCUT2D eigenvalue weighted by Crippen LogP contribution is -2.59. The number of carbonyl (C=O) groups is 4. The number of nitrogens with one attached hydrogen (secondary N) is 3. The summed E-state index contributed by atoms with van der Waals surface area (Å²) in [6, 6.07) is 4.83. The van der Waals surface area contributed by atoms with Crippen LogP contribution in [-0.4, -0.2) is 120 Å². The predicted molar refractivity (Wildman–Crippen MR) is 206 cm³/mol. The number of allylic oxidation sites excluding steroid dienone is 1. The fourth-order valence-electron chi connectivity index (χ4n) is 7.36. The van der Waals surface area contributed by atoms with Crippen molar-refractivity contribution in [2.75, 3.05) is 33.8 Å². The molecule has 17 nitrogen and oxygen atoms in total. The van der Waals surface area contributed by atoms with Crippen LogP contribution < -0.4 is 24.8 Å². The molecular formula is C39H49N7O10S. The van der Waals surface area contributed by atoms with E-state index < -0.39 is 74.3 Å². The average molecular weight is 808 g/mol. The van der Waals surface area contributed by atoms with Gasteiger partial charge in [0.15, 0.2) is 0 Å². The van der Waals surface area contributed by atoms with Crippen molar-refractivity contribution in [3.05, 3.63) is 48.9 Å². The molecule has 3 aromatic rings. The summed E-state index contributed by atoms with van der Waals surface area (Å²) in [4.78, 5) is 68.4. The second-order valence-electron chi connectivity index (χ2n) is 16.2. The van der Waals surface area contributed by atoms with Crippen molar-refractivity contribution < 1.29 is 46.2 Å². The van der Waals surface area contributed by atoms with E-state index in [1.807, 2.05) is 30.2 Å². The largest absolute Gasteiger partial charge is 0.497 e. The Bertz CT molecular complexity index is 2170. The lowest BCUT2D eigenvalue weighted by atomic mass is 10.1. The van der Waals surface area contributed by atoms with Gasteiger partial charge in [-0.2, -0.15) is 0 Å². The normalized spacial score (nSPS) is 26.0. The van der Waals surface area contributed by atoms with Gasteiger partial charge in [0.2, 0.25) is 33.6 Å². The fraction of sp³-hybridized carbons (Fsp3) is 0.538. The maximum Gasteiger partial charge on any atom is 0.408 e. The highest BCUT2D eigenvalue weighted by molar-refractivity contribution is 7.91. The standard InChI is InChI=1S/C39H49N7O10S/c1-38(2,3)56-37(50)42-30-22-45(4)15-8-6-7-9-24-20-39(24,36(49)44-57(51,52)27-11-12-27)43-32(47)31-19-26(21-46(31)35(30)48)55-33-28-13-10-25(53-5)17-23(28)18-29(41-33)34-40-14-16-54-34/h7,9-10,13-14,16-18,24,26-27,30-31H,6,8,11-12,15,19-22H2,1-5H3,(H,42,50)(H,43,47)(H,44,49)/t24?,26?,30-,31-,39+/m0/s1. The van der Waals surface area contributed by atoms with Crippen LogP contribution in [0.3, 0.4) is 0 Å². The van der Waals surface area contributed by atoms with Crippen LogP contribution in [0.2, 0.25) is 0 Å². The van der Waals surface area contributed by atoms with E-state index in [-0.39, 0.29) is 37.7 Å². The maximum atomic E-state index is 14.7. The molecule has 1 saturated heterocycles. The number of oxazole rings is 1. The Morgan fingerprint density at radius 3 is 2.61 bits per heavy atom. The highest BCUT2D eigenvalue weighted by Crippen LogP contribution is 2.46. The molecule has 0 bridgehead atoms. The van der Waals surface area contributed by atoms with Crippen molar-refractivity contribution in [1.82, 2.24) is 35.1 Å². The van der Waals surface area contributed by atoms with Crippen molar-refractivity contribution in [3.63, 3.8) is 0 Å². The third-order valence-electron chi connectivity index (χ3n) is 10.5. The van der Waals surface area contributed by atoms with Crippen LogP contribution in [0.25, 0.3) is 22.4 Å². The number of nitrogens with zero attached hydrogens (tertiary/aromatic N) is 4. The van der Waals surface area contributed by atoms with Crippen LogP contribution >= 0.6 is 0 Å². The molecule has 1 aromatic carbocycles. The minimum Gasteiger partial charge on any atom is -0.497 e. The van der Waals surface area contributed by atoms with Gasteiger partial charge >= 0.3 is 6.09 Å². The van der Waals surface area contributed by atoms with E-state index in [0.717, 1.165) is 0 Å². The van der Waals surface area contributed by atoms with Crippen LogP contribution in [0.4, 0.5) is 4.79 Å². The number of benzene rings is 1. The number of sulfonamides is 1. The molecule has 2 aliphatic heterocycles. The molecule has 4 amide bonds. The molecule has 2 aliphatic carbocycles. The van der Waals surface area contributed by atoms with Crippen molar-refractivity contribution in [2.45, 2.75) is 93.9 Å². The van der Waals surface area contributed by atoms with E-state index in [0.29, 0.717) is 54.4 Å². The van der Waals surface area contributed by atoms with E-state index in [4.69, 9.17) is 23.6 Å². The first-order chi connectivity index (χ1) is 27.0. The van der Waals surface area contributed by atoms with Crippen LogP contribution in [-0.2, 0) is 29.1 Å². The fourth-order valence-corrected chi connectivity index (χ4v) is 8.72. The summed E-state index contributed by atoms with van der Waals surface area (Å²) in [5, 5.41) is 6.28. The van der Waals surface area contributed by atoms with Crippen LogP contribution in [0.15, 0.2) is 53.3 Å². The smallest absolute Gasteiger partial charge is 0.408 e. The van der Waals surface area contributed by atoms with Gasteiger partial charge in [-0.05, 0) is 96.1 Å². The number of ether oxygens (including phenoxy) is 3. The number of rotatable bonds is 8. The van der Waals surface area contributed by atoms with Gasteiger partial charge < -0.3 is 39.1 Å². The van der Waals surface area contributed by atoms with Gasteiger partial charge in [0, 0.05) is 24.3 Å². The number of aromatic nitrogens is 2. The lowest BCUT2D eigenvalue weighted by molar-refractivity contribution is -0.141. The number of methoxy groups -OCH3 is 1. The van der Waals surface area contributed by atoms with E-state index >= 15 is 0 Å². The zero-order valence-electron chi connectivity index (χ0n) is 32.6. The quantitative estimate of drug-likeness (QED) is 0.280. The number of likely N-dealkylation sites (N-methyl/N-ethyl adjacent to an activating group) is 1. The zero-order valence-corrected chi connectivity index (χ0v) is 33.5. The molecule has 18 heteroatoms. The molecule has 3 N–H and O–H groups in total. The number of hydrogen-bond donors (Lipinski definition) is 3. The molecule has 306 valence electrons. The third-order valence-corrected chi connectivity index (χ3v) is 12.3. The van der Waals surface area contributed by atoms with E-state index in [2.05, 4.69) is 20.3 Å². The summed E-state index contributed by atoms with van der Waals surface area (Å²) < 4.78 is 51.1. The van der Waals surface area contributed by atoms with Crippen LogP contribution in [0.1, 0.15) is 59.3 Å². The summed E-state index contributed by atoms with van der Waals surface area (Å²) >= 11 is 0. The second-order valence-corrected chi connectivity index (χ2v) is 18.2. The monoisotopic (exact) mass is 807 g/mol. The van der Waals surface area contributed by atoms with Crippen molar-refractivity contribution >= 4 is 44.6 Å². The SMILES string of the molecule is COc1ccc2c(OC3C[C@H]4C(=O)N[C@]5(C(=O)NS(=O)(=O)C6CC6)CC5C=CCCCN(C)C[C@H](NC(=O)OC(C)(C)C)C(=O)N4C3)nc(-c3ncco3)cc2c1. The first-order valence-electron chi connectivity index (χ1n) is 19.1. The molecule has 0 radical (unpaired) electrons. The van der Waals surface area contributed by atoms with Gasteiger partial charge in [-0.25, -0.2) is 23.2 Å². The van der Waals surface area contributed by atoms with Gasteiger partial charge in [-0.3, -0.25) is 19.1 Å². The van der Waals surface area contributed by atoms with Crippen LogP contribution in [0.5, 0.6) is 11.6 Å². The zero-order chi connectivity index (χ0) is 40.7. The van der Waals surface area contributed by atoms with E-state index in [1.165, 1.54) is 17.4 Å². The maximum absolute atomic E-state index is 14.7. The Kier molecular flexibility index (Phi) is 10.9. The highest BCUT2D eigenvalue weighted by Gasteiger charge is 2.62. The first-order valence-corrected chi connectivity index (χ1v) is 20.7. The number of pyridine rings is 1. The summed E-state index contributed by atoms with van der Waals surface area (Å²) in [6.45, 7) is 5.73. The van der Waals surface area contributed by atoms with Gasteiger partial charge in [-0.1, -0.05) is 12.2 Å². The van der Waals surface area contributed by atoms with E-state index in [9.17, 15) is 27.6 Å². The average Bonchev–Trinajstić information content (AvgIpc) is 4.01. The Morgan fingerprint density at radius 1 is 1.12 bits per heavy atom. The third kappa shape index (κ3) is 9.01. The molecule has 2 aromatic heterocycles. The van der Waals surface area contributed by atoms with Gasteiger partial charge in [0.05, 0.1) is 25.1 Å². The first kappa shape index (κ1) is 40.0. The Labute approximate surface area is 330 Å². The summed E-state index contributed by atoms with van der Waals surface area (Å²) in [7, 11) is -0.534. The molecule has 2 saturated carbocycles. The molecule has 5 atom stereocenters. The molecule has 3 fully saturated rings. The molecule has 57 heavy (non-hydrogen) atoms. The molecule has 2 unspecified atom stereocenters. The van der Waals surface area contributed by atoms with Crippen LogP contribution in [0, 0.1) is 5.92 Å². The summed E-state index contributed by atoms with van der Waals surface area (Å²) in [5.74, 6) is -1.48. The molecule has 7 rings (SSSR count). The minimum atomic E-state index is -3.92.